The Hall–Kier alpha value is -0.0231. The highest BCUT2D eigenvalue weighted by atomic mass is 35.5. The van der Waals surface area contributed by atoms with Crippen molar-refractivity contribution in [1.29, 1.82) is 0 Å². The quantitative estimate of drug-likeness (QED) is 0.498. The van der Waals surface area contributed by atoms with Crippen molar-refractivity contribution in [2.24, 2.45) is 0 Å². The van der Waals surface area contributed by atoms with Gasteiger partial charge in [0.05, 0.1) is 0 Å². The molecule has 0 fully saturated rings. The van der Waals surface area contributed by atoms with Crippen LogP contribution in [-0.4, -0.2) is 21.4 Å². The Morgan fingerprint density at radius 2 is 1.78 bits per heavy atom. The van der Waals surface area contributed by atoms with Gasteiger partial charge in [-0.15, -0.1) is 12.4 Å². The first kappa shape index (κ1) is 11.7. The number of carbonyl (C=O) groups is 1. The molecule has 0 bridgehead atoms. The normalized spacial score (nSPS) is 10.1. The number of halogens is 1. The third-order valence-corrected chi connectivity index (χ3v) is 0.654. The Balaban J connectivity index is 0. The van der Waals surface area contributed by atoms with Gasteiger partial charge in [-0.1, -0.05) is 0 Å². The molecule has 0 unspecified atom stereocenters. The largest absolute Gasteiger partial charge is 0.465 e. The first-order valence-electron chi connectivity index (χ1n) is 2.61. The van der Waals surface area contributed by atoms with Gasteiger partial charge in [-0.25, -0.2) is 0 Å². The van der Waals surface area contributed by atoms with E-state index in [1.54, 1.807) is 0 Å². The molecule has 4 heteroatoms. The van der Waals surface area contributed by atoms with E-state index in [1.807, 2.05) is 20.8 Å². The van der Waals surface area contributed by atoms with Crippen molar-refractivity contribution >= 4 is 28.2 Å². The zero-order valence-corrected chi connectivity index (χ0v) is 9.04. The highest BCUT2D eigenvalue weighted by Crippen LogP contribution is 2.05. The second-order valence-electron chi connectivity index (χ2n) is 2.71. The van der Waals surface area contributed by atoms with E-state index in [0.29, 0.717) is 10.2 Å². The summed E-state index contributed by atoms with van der Waals surface area (Å²) in [6.45, 7) is 5.59. The van der Waals surface area contributed by atoms with Crippen LogP contribution < -0.4 is 0 Å². The van der Waals surface area contributed by atoms with Crippen molar-refractivity contribution in [1.82, 2.24) is 0 Å². The molecule has 0 aromatic rings. The lowest BCUT2D eigenvalue weighted by Gasteiger charge is -2.17. The summed E-state index contributed by atoms with van der Waals surface area (Å²) in [5.41, 5.74) is -0.378. The van der Waals surface area contributed by atoms with Crippen LogP contribution in [0.15, 0.2) is 0 Å². The average molecular weight is 169 g/mol. The van der Waals surface area contributed by atoms with Crippen molar-refractivity contribution in [3.63, 3.8) is 0 Å². The van der Waals surface area contributed by atoms with Crippen LogP contribution in [0.25, 0.3) is 0 Å². The maximum Gasteiger partial charge on any atom is 0.260 e. The van der Waals surface area contributed by atoms with Gasteiger partial charge in [0.1, 0.15) is 15.8 Å². The molecule has 0 radical (unpaired) electrons. The number of hydrogen-bond acceptors (Lipinski definition) is 2. The SMILES string of the molecule is CC(C)(C)OC(=O)[SiH3].Cl. The highest BCUT2D eigenvalue weighted by molar-refractivity contribution is 6.55. The van der Waals surface area contributed by atoms with Crippen molar-refractivity contribution in [2.45, 2.75) is 26.4 Å². The fourth-order valence-electron chi connectivity index (χ4n) is 0.431. The van der Waals surface area contributed by atoms with Crippen molar-refractivity contribution in [2.75, 3.05) is 0 Å². The van der Waals surface area contributed by atoms with Crippen LogP contribution in [0.5, 0.6) is 0 Å². The summed E-state index contributed by atoms with van der Waals surface area (Å²) < 4.78 is 4.86. The van der Waals surface area contributed by atoms with E-state index in [-0.39, 0.29) is 23.6 Å². The predicted molar refractivity (Wildman–Crippen MR) is 43.4 cm³/mol. The number of rotatable bonds is 0. The molecule has 0 aromatic heterocycles. The molecule has 0 spiro atoms. The predicted octanol–water partition coefficient (Wildman–Crippen LogP) is 0.709. The van der Waals surface area contributed by atoms with Gasteiger partial charge in [-0.05, 0) is 20.8 Å². The van der Waals surface area contributed by atoms with Gasteiger partial charge < -0.3 is 4.74 Å². The standard InChI is InChI=1S/C5H12O2Si.ClH/c1-5(2,3)7-4(6)8;/h1-3,8H3;1H. The fraction of sp³-hybridized carbons (Fsp3) is 0.800. The van der Waals surface area contributed by atoms with Gasteiger partial charge in [-0.2, -0.15) is 0 Å². The molecular formula is C5H13ClO2Si. The maximum absolute atomic E-state index is 10.3. The molecule has 0 amide bonds. The fourth-order valence-corrected chi connectivity index (χ4v) is 1.04. The van der Waals surface area contributed by atoms with E-state index in [0.717, 1.165) is 0 Å². The molecule has 0 saturated heterocycles. The van der Waals surface area contributed by atoms with Crippen LogP contribution >= 0.6 is 12.4 Å². The van der Waals surface area contributed by atoms with Crippen molar-refractivity contribution < 1.29 is 9.53 Å². The molecule has 0 atom stereocenters. The molecule has 0 aromatic carbocycles. The lowest BCUT2D eigenvalue weighted by Crippen LogP contribution is -2.22. The smallest absolute Gasteiger partial charge is 0.260 e. The Morgan fingerprint density at radius 3 is 1.78 bits per heavy atom. The number of carbonyl (C=O) groups excluding carboxylic acids is 1. The van der Waals surface area contributed by atoms with Crippen LogP contribution in [-0.2, 0) is 4.74 Å². The molecule has 0 saturated carbocycles. The van der Waals surface area contributed by atoms with Crippen LogP contribution in [0.4, 0.5) is 4.79 Å². The van der Waals surface area contributed by atoms with E-state index in [9.17, 15) is 4.79 Å². The van der Waals surface area contributed by atoms with Crippen LogP contribution in [0.1, 0.15) is 20.8 Å². The Labute approximate surface area is 64.8 Å². The van der Waals surface area contributed by atoms with Gasteiger partial charge in [-0.3, -0.25) is 4.79 Å². The number of hydrogen-bond donors (Lipinski definition) is 0. The zero-order valence-electron chi connectivity index (χ0n) is 6.22. The topological polar surface area (TPSA) is 26.3 Å². The highest BCUT2D eigenvalue weighted by Gasteiger charge is 2.11. The summed E-state index contributed by atoms with van der Waals surface area (Å²) in [5, 5.41) is 0. The van der Waals surface area contributed by atoms with E-state index >= 15 is 0 Å². The second kappa shape index (κ2) is 3.90. The molecule has 0 aliphatic heterocycles. The molecule has 56 valence electrons. The first-order chi connectivity index (χ1) is 3.42. The van der Waals surface area contributed by atoms with E-state index in [1.165, 1.54) is 0 Å². The van der Waals surface area contributed by atoms with Crippen LogP contribution in [0.2, 0.25) is 0 Å². The van der Waals surface area contributed by atoms with Gasteiger partial charge in [0.25, 0.3) is 5.59 Å². The Bertz CT molecular complexity index is 97.6. The summed E-state index contributed by atoms with van der Waals surface area (Å²) in [6, 6.07) is 0. The summed E-state index contributed by atoms with van der Waals surface area (Å²) in [5.74, 6) is 0. The van der Waals surface area contributed by atoms with Crippen LogP contribution in [0, 0.1) is 0 Å². The van der Waals surface area contributed by atoms with Crippen molar-refractivity contribution in [3.05, 3.63) is 0 Å². The summed E-state index contributed by atoms with van der Waals surface area (Å²) in [6.07, 6.45) is 0. The minimum Gasteiger partial charge on any atom is -0.465 e. The molecule has 0 N–H and O–H groups in total. The summed E-state index contributed by atoms with van der Waals surface area (Å²) in [7, 11) is 0.489. The van der Waals surface area contributed by atoms with Gasteiger partial charge in [0.2, 0.25) is 0 Å². The zero-order chi connectivity index (χ0) is 6.78. The minimum absolute atomic E-state index is 0. The first-order valence-corrected chi connectivity index (χ1v) is 3.61. The third-order valence-electron chi connectivity index (χ3n) is 0.450. The molecule has 0 heterocycles. The molecule has 2 nitrogen and oxygen atoms in total. The molecule has 0 aliphatic carbocycles. The average Bonchev–Trinajstić information content (AvgIpc) is 1.21. The lowest BCUT2D eigenvalue weighted by molar-refractivity contribution is 0.0724. The summed E-state index contributed by atoms with van der Waals surface area (Å²) in [4.78, 5) is 10.3. The van der Waals surface area contributed by atoms with Gasteiger partial charge >= 0.3 is 0 Å². The van der Waals surface area contributed by atoms with E-state index < -0.39 is 0 Å². The Morgan fingerprint density at radius 1 is 1.44 bits per heavy atom. The van der Waals surface area contributed by atoms with Gasteiger partial charge in [0.15, 0.2) is 0 Å². The molecular weight excluding hydrogens is 156 g/mol. The molecule has 0 rings (SSSR count). The van der Waals surface area contributed by atoms with Gasteiger partial charge in [0, 0.05) is 0 Å². The monoisotopic (exact) mass is 168 g/mol. The summed E-state index contributed by atoms with van der Waals surface area (Å²) >= 11 is 0. The molecule has 9 heavy (non-hydrogen) atoms. The van der Waals surface area contributed by atoms with Crippen molar-refractivity contribution in [3.8, 4) is 0 Å². The van der Waals surface area contributed by atoms with Crippen LogP contribution in [0.3, 0.4) is 0 Å². The minimum atomic E-state index is -0.293. The second-order valence-corrected chi connectivity index (χ2v) is 3.52. The maximum atomic E-state index is 10.3. The van der Waals surface area contributed by atoms with E-state index in [2.05, 4.69) is 0 Å². The Kier molecular flexibility index (Phi) is 5.09. The lowest BCUT2D eigenvalue weighted by atomic mass is 10.2. The van der Waals surface area contributed by atoms with E-state index in [4.69, 9.17) is 4.74 Å². The third kappa shape index (κ3) is 11.5. The molecule has 0 aliphatic rings. The number of ether oxygens (including phenoxy) is 1.